The minimum absolute atomic E-state index is 0.00658. The van der Waals surface area contributed by atoms with Crippen molar-refractivity contribution in [2.75, 3.05) is 6.61 Å². The maximum Gasteiger partial charge on any atom is 0.306 e. The molecule has 4 aliphatic carbocycles. The summed E-state index contributed by atoms with van der Waals surface area (Å²) in [6.45, 7) is 3.76. The number of allylic oxidation sites excluding steroid dienone is 1. The van der Waals surface area contributed by atoms with E-state index in [0.29, 0.717) is 25.8 Å². The van der Waals surface area contributed by atoms with E-state index in [4.69, 9.17) is 4.74 Å². The van der Waals surface area contributed by atoms with Crippen LogP contribution in [0.5, 0.6) is 0 Å². The smallest absolute Gasteiger partial charge is 0.306 e. The van der Waals surface area contributed by atoms with Crippen molar-refractivity contribution in [1.29, 1.82) is 0 Å². The van der Waals surface area contributed by atoms with Gasteiger partial charge >= 0.3 is 5.97 Å². The molecule has 1 amide bonds. The van der Waals surface area contributed by atoms with E-state index in [1.165, 1.54) is 11.3 Å². The van der Waals surface area contributed by atoms with Gasteiger partial charge in [0, 0.05) is 35.5 Å². The Morgan fingerprint density at radius 2 is 1.92 bits per heavy atom. The number of esters is 1. The summed E-state index contributed by atoms with van der Waals surface area (Å²) in [6, 6.07) is 3.80. The van der Waals surface area contributed by atoms with Gasteiger partial charge in [-0.25, -0.2) is 0 Å². The van der Waals surface area contributed by atoms with Gasteiger partial charge < -0.3 is 15.2 Å². The highest BCUT2D eigenvalue weighted by Crippen LogP contribution is 2.66. The third-order valence-electron chi connectivity index (χ3n) is 10.2. The summed E-state index contributed by atoms with van der Waals surface area (Å²) in [7, 11) is 0. The summed E-state index contributed by atoms with van der Waals surface area (Å²) in [6.07, 6.45) is 5.11. The van der Waals surface area contributed by atoms with Crippen LogP contribution in [0, 0.1) is 28.6 Å². The monoisotopic (exact) mass is 555 g/mol. The second kappa shape index (κ2) is 10.4. The van der Waals surface area contributed by atoms with Crippen LogP contribution in [0.4, 0.5) is 0 Å². The van der Waals surface area contributed by atoms with Crippen molar-refractivity contribution >= 4 is 40.6 Å². The van der Waals surface area contributed by atoms with E-state index in [-0.39, 0.29) is 66.3 Å². The number of nitrogens with one attached hydrogen (secondary N) is 1. The molecule has 39 heavy (non-hydrogen) atoms. The highest BCUT2D eigenvalue weighted by molar-refractivity contribution is 7.09. The number of hydrogen-bond donors (Lipinski definition) is 2. The molecule has 0 spiro atoms. The lowest BCUT2D eigenvalue weighted by Gasteiger charge is -2.57. The van der Waals surface area contributed by atoms with Gasteiger partial charge in [-0.3, -0.25) is 24.0 Å². The molecule has 1 heterocycles. The number of Topliss-reactive ketones (excluding diaryl/α,β-unsaturated/α-hetero) is 2. The Hall–Kier alpha value is -2.65. The third kappa shape index (κ3) is 4.82. The molecule has 0 unspecified atom stereocenters. The number of carbonyl (C=O) groups excluding carboxylic acids is 5. The van der Waals surface area contributed by atoms with Crippen molar-refractivity contribution < 1.29 is 33.8 Å². The number of aliphatic hydroxyl groups is 1. The van der Waals surface area contributed by atoms with E-state index in [2.05, 4.69) is 12.2 Å². The van der Waals surface area contributed by atoms with Crippen molar-refractivity contribution in [2.24, 2.45) is 28.6 Å². The maximum absolute atomic E-state index is 13.7. The van der Waals surface area contributed by atoms with Gasteiger partial charge in [-0.2, -0.15) is 0 Å². The predicted molar refractivity (Wildman–Crippen MR) is 143 cm³/mol. The van der Waals surface area contributed by atoms with Gasteiger partial charge in [-0.1, -0.05) is 25.5 Å². The van der Waals surface area contributed by atoms with Gasteiger partial charge in [0.25, 0.3) is 0 Å². The molecule has 2 N–H and O–H groups in total. The van der Waals surface area contributed by atoms with E-state index in [1.807, 2.05) is 24.4 Å². The molecular formula is C30H37NO7S. The van der Waals surface area contributed by atoms with Gasteiger partial charge in [0.15, 0.2) is 12.4 Å². The summed E-state index contributed by atoms with van der Waals surface area (Å²) < 4.78 is 5.19. The molecule has 0 radical (unpaired) electrons. The van der Waals surface area contributed by atoms with Gasteiger partial charge in [0.2, 0.25) is 11.7 Å². The Kier molecular flexibility index (Phi) is 7.44. The number of amides is 1. The summed E-state index contributed by atoms with van der Waals surface area (Å²) in [5.41, 5.74) is -1.95. The molecule has 0 aromatic carbocycles. The molecule has 9 heteroatoms. The highest BCUT2D eigenvalue weighted by atomic mass is 32.1. The molecule has 0 saturated heterocycles. The number of carbonyl (C=O) groups is 5. The molecular weight excluding hydrogens is 518 g/mol. The van der Waals surface area contributed by atoms with Crippen molar-refractivity contribution in [3.63, 3.8) is 0 Å². The Balaban J connectivity index is 1.19. The standard InChI is InChI=1S/C30H37NO7S/c1-28-11-9-19(32)14-18(28)5-6-21-22-10-12-30(37,29(22,2)15-23(33)27(21)28)24(34)17-38-26(36)8-7-25(35)31-16-20-4-3-13-39-20/h3-4,13-14,21-22,27,37H,5-12,15-17H2,1-2H3,(H,31,35)/t21-,22-,27-,28-,29-,30-/m0/s1. The van der Waals surface area contributed by atoms with Crippen LogP contribution in [0.15, 0.2) is 29.2 Å². The average Bonchev–Trinajstić information content (AvgIpc) is 3.51. The van der Waals surface area contributed by atoms with E-state index in [1.54, 1.807) is 6.08 Å². The van der Waals surface area contributed by atoms with Gasteiger partial charge in [0.05, 0.1) is 13.0 Å². The molecule has 210 valence electrons. The SMILES string of the molecule is C[C@]12CCC(=O)C=C1CC[C@@H]1[C@H]2C(=O)C[C@@]2(C)[C@H]1CC[C@]2(O)C(=O)COC(=O)CCC(=O)NCc1cccs1. The van der Waals surface area contributed by atoms with Crippen molar-refractivity contribution in [3.05, 3.63) is 34.0 Å². The molecule has 3 fully saturated rings. The largest absolute Gasteiger partial charge is 0.458 e. The molecule has 4 aliphatic rings. The van der Waals surface area contributed by atoms with Gasteiger partial charge in [-0.15, -0.1) is 11.3 Å². The van der Waals surface area contributed by atoms with Crippen molar-refractivity contribution in [3.8, 4) is 0 Å². The Morgan fingerprint density at radius 3 is 2.67 bits per heavy atom. The zero-order chi connectivity index (χ0) is 28.0. The molecule has 3 saturated carbocycles. The summed E-state index contributed by atoms with van der Waals surface area (Å²) in [5, 5.41) is 16.4. The molecule has 6 atom stereocenters. The first kappa shape index (κ1) is 27.9. The van der Waals surface area contributed by atoms with Crippen LogP contribution in [-0.4, -0.2) is 46.5 Å². The van der Waals surface area contributed by atoms with E-state index in [0.717, 1.165) is 23.3 Å². The van der Waals surface area contributed by atoms with Crippen LogP contribution in [0.1, 0.15) is 76.5 Å². The fourth-order valence-corrected chi connectivity index (χ4v) is 8.73. The molecule has 1 aromatic rings. The van der Waals surface area contributed by atoms with E-state index >= 15 is 0 Å². The first-order valence-corrected chi connectivity index (χ1v) is 14.8. The lowest BCUT2D eigenvalue weighted by atomic mass is 9.46. The Morgan fingerprint density at radius 1 is 1.13 bits per heavy atom. The minimum Gasteiger partial charge on any atom is -0.458 e. The Bertz CT molecular complexity index is 1220. The molecule has 1 aromatic heterocycles. The summed E-state index contributed by atoms with van der Waals surface area (Å²) in [5.74, 6) is -1.53. The van der Waals surface area contributed by atoms with Gasteiger partial charge in [-0.05, 0) is 66.9 Å². The van der Waals surface area contributed by atoms with Crippen LogP contribution in [0.2, 0.25) is 0 Å². The predicted octanol–water partition coefficient (Wildman–Crippen LogP) is 3.70. The van der Waals surface area contributed by atoms with Crippen LogP contribution >= 0.6 is 11.3 Å². The minimum atomic E-state index is -1.75. The van der Waals surface area contributed by atoms with Gasteiger partial charge in [0.1, 0.15) is 11.4 Å². The zero-order valence-corrected chi connectivity index (χ0v) is 23.4. The maximum atomic E-state index is 13.7. The zero-order valence-electron chi connectivity index (χ0n) is 22.6. The van der Waals surface area contributed by atoms with Crippen LogP contribution in [-0.2, 0) is 35.3 Å². The highest BCUT2D eigenvalue weighted by Gasteiger charge is 2.68. The van der Waals surface area contributed by atoms with E-state index in [9.17, 15) is 29.1 Å². The lowest BCUT2D eigenvalue weighted by molar-refractivity contribution is -0.173. The number of hydrogen-bond acceptors (Lipinski definition) is 8. The van der Waals surface area contributed by atoms with Crippen LogP contribution < -0.4 is 5.32 Å². The second-order valence-corrected chi connectivity index (χ2v) is 13.3. The number of fused-ring (bicyclic) bond motifs is 5. The summed E-state index contributed by atoms with van der Waals surface area (Å²) in [4.78, 5) is 64.4. The average molecular weight is 556 g/mol. The molecule has 0 aliphatic heterocycles. The van der Waals surface area contributed by atoms with Crippen molar-refractivity contribution in [1.82, 2.24) is 5.32 Å². The molecule has 8 nitrogen and oxygen atoms in total. The fourth-order valence-electron chi connectivity index (χ4n) is 8.09. The number of thiophene rings is 1. The summed E-state index contributed by atoms with van der Waals surface area (Å²) >= 11 is 1.53. The number of ketones is 3. The lowest BCUT2D eigenvalue weighted by Crippen LogP contribution is -2.61. The first-order valence-electron chi connectivity index (χ1n) is 13.9. The number of ether oxygens (including phenoxy) is 1. The first-order chi connectivity index (χ1) is 18.5. The normalized spacial score (nSPS) is 35.4. The molecule has 5 rings (SSSR count). The Labute approximate surface area is 232 Å². The van der Waals surface area contributed by atoms with Crippen LogP contribution in [0.3, 0.4) is 0 Å². The molecule has 0 bridgehead atoms. The fraction of sp³-hybridized carbons (Fsp3) is 0.633. The third-order valence-corrected chi connectivity index (χ3v) is 11.1. The van der Waals surface area contributed by atoms with Crippen LogP contribution in [0.25, 0.3) is 0 Å². The quantitative estimate of drug-likeness (QED) is 0.468. The van der Waals surface area contributed by atoms with Crippen molar-refractivity contribution in [2.45, 2.75) is 83.8 Å². The topological polar surface area (TPSA) is 127 Å². The number of rotatable bonds is 8. The van der Waals surface area contributed by atoms with E-state index < -0.39 is 29.4 Å². The second-order valence-electron chi connectivity index (χ2n) is 12.2.